The molecule has 0 aliphatic carbocycles. The van der Waals surface area contributed by atoms with E-state index in [9.17, 15) is 8.42 Å². The molecule has 1 aromatic carbocycles. The van der Waals surface area contributed by atoms with E-state index in [1.54, 1.807) is 24.3 Å². The van der Waals surface area contributed by atoms with E-state index in [1.807, 2.05) is 0 Å². The molecule has 2 atom stereocenters. The fourth-order valence-corrected chi connectivity index (χ4v) is 4.67. The summed E-state index contributed by atoms with van der Waals surface area (Å²) in [5.41, 5.74) is 0.751. The minimum atomic E-state index is -3.28. The Labute approximate surface area is 145 Å². The van der Waals surface area contributed by atoms with Gasteiger partial charge < -0.3 is 4.90 Å². The van der Waals surface area contributed by atoms with Crippen LogP contribution in [0.1, 0.15) is 32.3 Å². The van der Waals surface area contributed by atoms with Crippen LogP contribution in [0.4, 0.5) is 0 Å². The quantitative estimate of drug-likeness (QED) is 0.762. The Morgan fingerprint density at radius 2 is 1.78 bits per heavy atom. The number of likely N-dealkylation sites (tertiary alicyclic amines) is 1. The molecule has 0 saturated carbocycles. The molecule has 0 aromatic heterocycles. The van der Waals surface area contributed by atoms with Crippen molar-refractivity contribution < 1.29 is 8.42 Å². The highest BCUT2D eigenvalue weighted by molar-refractivity contribution is 7.88. The topological polar surface area (TPSA) is 49.4 Å². The van der Waals surface area contributed by atoms with Gasteiger partial charge in [-0.3, -0.25) is 0 Å². The lowest BCUT2D eigenvalue weighted by molar-refractivity contribution is 0.140. The summed E-state index contributed by atoms with van der Waals surface area (Å²) in [5, 5.41) is 0.615. The van der Waals surface area contributed by atoms with Crippen LogP contribution < -0.4 is 4.72 Å². The molecule has 0 bridgehead atoms. The Bertz CT molecular complexity index is 579. The van der Waals surface area contributed by atoms with Crippen LogP contribution in [-0.2, 0) is 15.8 Å². The van der Waals surface area contributed by atoms with E-state index in [0.717, 1.165) is 43.5 Å². The summed E-state index contributed by atoms with van der Waals surface area (Å²) in [6.07, 6.45) is 2.14. The molecule has 1 heterocycles. The van der Waals surface area contributed by atoms with Crippen LogP contribution in [0.3, 0.4) is 0 Å². The Morgan fingerprint density at radius 1 is 1.17 bits per heavy atom. The predicted octanol–water partition coefficient (Wildman–Crippen LogP) is 3.13. The van der Waals surface area contributed by atoms with Crippen LogP contribution in [0.5, 0.6) is 0 Å². The molecule has 0 radical (unpaired) electrons. The fourth-order valence-electron chi connectivity index (χ4n) is 3.36. The maximum absolute atomic E-state index is 12.1. The van der Waals surface area contributed by atoms with E-state index in [1.165, 1.54) is 6.42 Å². The summed E-state index contributed by atoms with van der Waals surface area (Å²) in [5.74, 6) is 1.47. The summed E-state index contributed by atoms with van der Waals surface area (Å²) in [7, 11) is -3.28. The van der Waals surface area contributed by atoms with Gasteiger partial charge in [0.1, 0.15) is 0 Å². The van der Waals surface area contributed by atoms with Crippen molar-refractivity contribution in [3.8, 4) is 0 Å². The highest BCUT2D eigenvalue weighted by Crippen LogP contribution is 2.20. The minimum absolute atomic E-state index is 0.00194. The number of hydrogen-bond donors (Lipinski definition) is 1. The molecule has 0 amide bonds. The van der Waals surface area contributed by atoms with Gasteiger partial charge in [0.2, 0.25) is 10.0 Å². The van der Waals surface area contributed by atoms with Crippen molar-refractivity contribution >= 4 is 21.6 Å². The normalized spacial score (nSPS) is 23.1. The molecule has 6 heteroatoms. The SMILES string of the molecule is C[C@H]1C[C@H](C)CN(CCCNS(=O)(=O)Cc2ccc(Cl)cc2)C1. The monoisotopic (exact) mass is 358 g/mol. The van der Waals surface area contributed by atoms with Crippen molar-refractivity contribution in [3.05, 3.63) is 34.9 Å². The molecule has 23 heavy (non-hydrogen) atoms. The zero-order valence-corrected chi connectivity index (χ0v) is 15.5. The van der Waals surface area contributed by atoms with Gasteiger partial charge in [0.25, 0.3) is 0 Å². The summed E-state index contributed by atoms with van der Waals surface area (Å²) >= 11 is 5.81. The number of piperidine rings is 1. The maximum atomic E-state index is 12.1. The first-order valence-corrected chi connectivity index (χ1v) is 10.3. The lowest BCUT2D eigenvalue weighted by Gasteiger charge is -2.34. The molecule has 1 aliphatic heterocycles. The summed E-state index contributed by atoms with van der Waals surface area (Å²) in [4.78, 5) is 2.45. The van der Waals surface area contributed by atoms with Crippen molar-refractivity contribution in [1.82, 2.24) is 9.62 Å². The highest BCUT2D eigenvalue weighted by Gasteiger charge is 2.21. The van der Waals surface area contributed by atoms with Gasteiger partial charge in [-0.25, -0.2) is 13.1 Å². The summed E-state index contributed by atoms with van der Waals surface area (Å²) < 4.78 is 26.9. The van der Waals surface area contributed by atoms with E-state index >= 15 is 0 Å². The van der Waals surface area contributed by atoms with Crippen LogP contribution in [0.15, 0.2) is 24.3 Å². The van der Waals surface area contributed by atoms with Crippen LogP contribution in [0.2, 0.25) is 5.02 Å². The van der Waals surface area contributed by atoms with Crippen molar-refractivity contribution in [2.45, 2.75) is 32.4 Å². The standard InChI is InChI=1S/C17H27ClN2O2S/c1-14-10-15(2)12-20(11-14)9-3-8-19-23(21,22)13-16-4-6-17(18)7-5-16/h4-7,14-15,19H,3,8-13H2,1-2H3/t14-,15-/m0/s1. The third-order valence-corrected chi connectivity index (χ3v) is 5.80. The zero-order valence-electron chi connectivity index (χ0n) is 14.0. The number of hydrogen-bond acceptors (Lipinski definition) is 3. The van der Waals surface area contributed by atoms with Gasteiger partial charge in [-0.05, 0) is 48.9 Å². The third kappa shape index (κ3) is 6.79. The lowest BCUT2D eigenvalue weighted by Crippen LogP contribution is -2.40. The zero-order chi connectivity index (χ0) is 16.9. The minimum Gasteiger partial charge on any atom is -0.303 e. The molecule has 1 aliphatic rings. The molecule has 1 saturated heterocycles. The van der Waals surface area contributed by atoms with Gasteiger partial charge in [0.05, 0.1) is 5.75 Å². The van der Waals surface area contributed by atoms with Gasteiger partial charge in [-0.2, -0.15) is 0 Å². The van der Waals surface area contributed by atoms with Gasteiger partial charge in [0, 0.05) is 24.7 Å². The van der Waals surface area contributed by atoms with Crippen molar-refractivity contribution in [3.63, 3.8) is 0 Å². The van der Waals surface area contributed by atoms with Crippen molar-refractivity contribution in [1.29, 1.82) is 0 Å². The Hall–Kier alpha value is -0.620. The molecule has 0 unspecified atom stereocenters. The largest absolute Gasteiger partial charge is 0.303 e. The van der Waals surface area contributed by atoms with Gasteiger partial charge in [0.15, 0.2) is 0 Å². The van der Waals surface area contributed by atoms with E-state index in [-0.39, 0.29) is 5.75 Å². The highest BCUT2D eigenvalue weighted by atomic mass is 35.5. The second kappa shape index (κ2) is 8.47. The number of nitrogens with one attached hydrogen (secondary N) is 1. The maximum Gasteiger partial charge on any atom is 0.215 e. The van der Waals surface area contributed by atoms with E-state index in [4.69, 9.17) is 11.6 Å². The average molecular weight is 359 g/mol. The molecule has 130 valence electrons. The molecular formula is C17H27ClN2O2S. The van der Waals surface area contributed by atoms with E-state index < -0.39 is 10.0 Å². The smallest absolute Gasteiger partial charge is 0.215 e. The number of halogens is 1. The number of rotatable bonds is 7. The summed E-state index contributed by atoms with van der Waals surface area (Å²) in [6.45, 7) is 8.28. The molecule has 1 N–H and O–H groups in total. The Morgan fingerprint density at radius 3 is 2.39 bits per heavy atom. The van der Waals surface area contributed by atoms with Gasteiger partial charge in [-0.1, -0.05) is 37.6 Å². The van der Waals surface area contributed by atoms with Crippen LogP contribution in [0, 0.1) is 11.8 Å². The molecule has 1 fully saturated rings. The number of sulfonamides is 1. The lowest BCUT2D eigenvalue weighted by atomic mass is 9.92. The van der Waals surface area contributed by atoms with Crippen LogP contribution in [-0.4, -0.2) is 39.5 Å². The number of nitrogens with zero attached hydrogens (tertiary/aromatic N) is 1. The van der Waals surface area contributed by atoms with E-state index in [0.29, 0.717) is 11.6 Å². The van der Waals surface area contributed by atoms with Crippen molar-refractivity contribution in [2.24, 2.45) is 11.8 Å². The van der Waals surface area contributed by atoms with Crippen LogP contribution >= 0.6 is 11.6 Å². The molecule has 0 spiro atoms. The molecular weight excluding hydrogens is 332 g/mol. The first-order valence-electron chi connectivity index (χ1n) is 8.28. The Kier molecular flexibility index (Phi) is 6.89. The molecule has 4 nitrogen and oxygen atoms in total. The second-order valence-electron chi connectivity index (χ2n) is 6.84. The van der Waals surface area contributed by atoms with Gasteiger partial charge in [-0.15, -0.1) is 0 Å². The Balaban J connectivity index is 1.71. The average Bonchev–Trinajstić information content (AvgIpc) is 2.45. The molecule has 1 aromatic rings. The third-order valence-electron chi connectivity index (χ3n) is 4.19. The summed E-state index contributed by atoms with van der Waals surface area (Å²) in [6, 6.07) is 6.92. The van der Waals surface area contributed by atoms with E-state index in [2.05, 4.69) is 23.5 Å². The second-order valence-corrected chi connectivity index (χ2v) is 9.08. The predicted molar refractivity (Wildman–Crippen MR) is 96.1 cm³/mol. The van der Waals surface area contributed by atoms with Crippen molar-refractivity contribution in [2.75, 3.05) is 26.2 Å². The fraction of sp³-hybridized carbons (Fsp3) is 0.647. The first-order chi connectivity index (χ1) is 10.8. The first kappa shape index (κ1) is 18.7. The van der Waals surface area contributed by atoms with Gasteiger partial charge >= 0.3 is 0 Å². The number of benzene rings is 1. The van der Waals surface area contributed by atoms with Crippen LogP contribution in [0.25, 0.3) is 0 Å². The molecule has 2 rings (SSSR count).